The summed E-state index contributed by atoms with van der Waals surface area (Å²) in [5, 5.41) is 12.3. The molecule has 0 saturated carbocycles. The molecule has 2 amide bonds. The van der Waals surface area contributed by atoms with Gasteiger partial charge in [0.2, 0.25) is 0 Å². The van der Waals surface area contributed by atoms with Gasteiger partial charge in [0.1, 0.15) is 5.82 Å². The normalized spacial score (nSPS) is 15.9. The molecule has 1 aromatic rings. The molecule has 0 bridgehead atoms. The second kappa shape index (κ2) is 9.04. The molecular weight excluding hydrogens is 316 g/mol. The lowest BCUT2D eigenvalue weighted by Gasteiger charge is -2.35. The molecule has 0 aliphatic carbocycles. The van der Waals surface area contributed by atoms with Gasteiger partial charge in [-0.2, -0.15) is 0 Å². The average Bonchev–Trinajstić information content (AvgIpc) is 2.59. The number of aliphatic hydroxyl groups is 1. The number of carbonyl (C=O) groups is 1. The summed E-state index contributed by atoms with van der Waals surface area (Å²) in [5.74, 6) is 1.00. The van der Waals surface area contributed by atoms with Crippen molar-refractivity contribution in [2.45, 2.75) is 46.1 Å². The molecule has 1 saturated heterocycles. The summed E-state index contributed by atoms with van der Waals surface area (Å²) in [4.78, 5) is 21.2. The Balaban J connectivity index is 1.85. The van der Waals surface area contributed by atoms with Crippen LogP contribution in [0, 0.1) is 5.41 Å². The lowest BCUT2D eigenvalue weighted by molar-refractivity contribution is 0.160. The van der Waals surface area contributed by atoms with E-state index < -0.39 is 0 Å². The largest absolute Gasteiger partial charge is 0.396 e. The zero-order valence-corrected chi connectivity index (χ0v) is 15.7. The van der Waals surface area contributed by atoms with Crippen LogP contribution in [0.25, 0.3) is 0 Å². The molecular formula is C19H32N4O2. The third-order valence-electron chi connectivity index (χ3n) is 4.33. The summed E-state index contributed by atoms with van der Waals surface area (Å²) in [6, 6.07) is 6.14. The first-order chi connectivity index (χ1) is 11.9. The Morgan fingerprint density at radius 3 is 2.64 bits per heavy atom. The molecule has 0 aromatic carbocycles. The van der Waals surface area contributed by atoms with Gasteiger partial charge in [-0.15, -0.1) is 0 Å². The smallest absolute Gasteiger partial charge is 0.317 e. The van der Waals surface area contributed by atoms with E-state index in [0.29, 0.717) is 19.5 Å². The SMILES string of the molecule is CC(C)(C)CN(CCCO)C(=O)NC1CCN(c2ccccn2)CC1. The predicted octanol–water partition coefficient (Wildman–Crippen LogP) is 2.49. The number of carbonyl (C=O) groups excluding carboxylic acids is 1. The molecule has 0 radical (unpaired) electrons. The zero-order chi connectivity index (χ0) is 18.3. The van der Waals surface area contributed by atoms with Crippen molar-refractivity contribution in [1.29, 1.82) is 0 Å². The Morgan fingerprint density at radius 1 is 1.36 bits per heavy atom. The number of hydrogen-bond acceptors (Lipinski definition) is 4. The summed E-state index contributed by atoms with van der Waals surface area (Å²) >= 11 is 0. The van der Waals surface area contributed by atoms with Gasteiger partial charge in [-0.1, -0.05) is 26.8 Å². The molecule has 1 fully saturated rings. The van der Waals surface area contributed by atoms with Crippen LogP contribution < -0.4 is 10.2 Å². The number of anilines is 1. The highest BCUT2D eigenvalue weighted by molar-refractivity contribution is 5.74. The Bertz CT molecular complexity index is 522. The second-order valence-corrected chi connectivity index (χ2v) is 7.96. The number of aliphatic hydroxyl groups excluding tert-OH is 1. The number of rotatable bonds is 6. The lowest BCUT2D eigenvalue weighted by atomic mass is 9.96. The molecule has 2 N–H and O–H groups in total. The number of nitrogens with zero attached hydrogens (tertiary/aromatic N) is 3. The fourth-order valence-corrected chi connectivity index (χ4v) is 3.15. The summed E-state index contributed by atoms with van der Waals surface area (Å²) in [7, 11) is 0. The van der Waals surface area contributed by atoms with Crippen LogP contribution in [0.4, 0.5) is 10.6 Å². The number of aromatic nitrogens is 1. The van der Waals surface area contributed by atoms with E-state index in [1.807, 2.05) is 29.3 Å². The van der Waals surface area contributed by atoms with Crippen LogP contribution in [0.2, 0.25) is 0 Å². The molecule has 140 valence electrons. The summed E-state index contributed by atoms with van der Waals surface area (Å²) < 4.78 is 0. The highest BCUT2D eigenvalue weighted by Crippen LogP contribution is 2.19. The van der Waals surface area contributed by atoms with Gasteiger partial charge in [0, 0.05) is 45.0 Å². The first-order valence-corrected chi connectivity index (χ1v) is 9.21. The van der Waals surface area contributed by atoms with E-state index in [4.69, 9.17) is 5.11 Å². The van der Waals surface area contributed by atoms with Gasteiger partial charge in [0.25, 0.3) is 0 Å². The van der Waals surface area contributed by atoms with Gasteiger partial charge in [-0.3, -0.25) is 0 Å². The second-order valence-electron chi connectivity index (χ2n) is 7.96. The van der Waals surface area contributed by atoms with Gasteiger partial charge in [0.15, 0.2) is 0 Å². The summed E-state index contributed by atoms with van der Waals surface area (Å²) in [5.41, 5.74) is 0.0368. The van der Waals surface area contributed by atoms with Crippen molar-refractivity contribution in [2.24, 2.45) is 5.41 Å². The number of amides is 2. The van der Waals surface area contributed by atoms with Crippen LogP contribution in [-0.4, -0.2) is 59.8 Å². The first-order valence-electron chi connectivity index (χ1n) is 9.21. The summed E-state index contributed by atoms with van der Waals surface area (Å²) in [6.45, 7) is 9.55. The van der Waals surface area contributed by atoms with Crippen LogP contribution in [0.3, 0.4) is 0 Å². The number of piperidine rings is 1. The van der Waals surface area contributed by atoms with Crippen LogP contribution >= 0.6 is 0 Å². The maximum Gasteiger partial charge on any atom is 0.317 e. The zero-order valence-electron chi connectivity index (χ0n) is 15.7. The van der Waals surface area contributed by atoms with Crippen molar-refractivity contribution in [2.75, 3.05) is 37.7 Å². The Kier molecular flexibility index (Phi) is 7.05. The Labute approximate surface area is 151 Å². The molecule has 1 aliphatic heterocycles. The quantitative estimate of drug-likeness (QED) is 0.829. The van der Waals surface area contributed by atoms with Crippen molar-refractivity contribution in [3.05, 3.63) is 24.4 Å². The van der Waals surface area contributed by atoms with Crippen molar-refractivity contribution in [3.63, 3.8) is 0 Å². The van der Waals surface area contributed by atoms with Crippen molar-refractivity contribution in [3.8, 4) is 0 Å². The number of urea groups is 1. The van der Waals surface area contributed by atoms with Crippen molar-refractivity contribution >= 4 is 11.8 Å². The Hall–Kier alpha value is -1.82. The van der Waals surface area contributed by atoms with E-state index in [-0.39, 0.29) is 24.1 Å². The highest BCUT2D eigenvalue weighted by Gasteiger charge is 2.25. The maximum absolute atomic E-state index is 12.7. The predicted molar refractivity (Wildman–Crippen MR) is 101 cm³/mol. The number of pyridine rings is 1. The minimum Gasteiger partial charge on any atom is -0.396 e. The van der Waals surface area contributed by atoms with Gasteiger partial charge in [-0.05, 0) is 36.8 Å². The monoisotopic (exact) mass is 348 g/mol. The molecule has 1 aromatic heterocycles. The molecule has 0 atom stereocenters. The first kappa shape index (κ1) is 19.5. The molecule has 1 aliphatic rings. The lowest BCUT2D eigenvalue weighted by Crippen LogP contribution is -2.51. The molecule has 25 heavy (non-hydrogen) atoms. The van der Waals surface area contributed by atoms with Crippen LogP contribution in [-0.2, 0) is 0 Å². The topological polar surface area (TPSA) is 68.7 Å². The molecule has 0 unspecified atom stereocenters. The third-order valence-corrected chi connectivity index (χ3v) is 4.33. The fourth-order valence-electron chi connectivity index (χ4n) is 3.15. The molecule has 6 nitrogen and oxygen atoms in total. The van der Waals surface area contributed by atoms with Crippen molar-refractivity contribution < 1.29 is 9.90 Å². The average molecular weight is 348 g/mol. The fraction of sp³-hybridized carbons (Fsp3) is 0.684. The van der Waals surface area contributed by atoms with E-state index in [1.165, 1.54) is 0 Å². The van der Waals surface area contributed by atoms with Gasteiger partial charge < -0.3 is 20.2 Å². The minimum absolute atomic E-state index is 0.0142. The van der Waals surface area contributed by atoms with Crippen molar-refractivity contribution in [1.82, 2.24) is 15.2 Å². The summed E-state index contributed by atoms with van der Waals surface area (Å²) in [6.07, 6.45) is 4.27. The highest BCUT2D eigenvalue weighted by atomic mass is 16.3. The van der Waals surface area contributed by atoms with E-state index in [1.54, 1.807) is 0 Å². The molecule has 2 heterocycles. The third kappa shape index (κ3) is 6.53. The Morgan fingerprint density at radius 2 is 2.08 bits per heavy atom. The van der Waals surface area contributed by atoms with Crippen LogP contribution in [0.5, 0.6) is 0 Å². The van der Waals surface area contributed by atoms with E-state index in [0.717, 1.165) is 31.7 Å². The van der Waals surface area contributed by atoms with E-state index in [2.05, 4.69) is 36.0 Å². The number of hydrogen-bond donors (Lipinski definition) is 2. The van der Waals surface area contributed by atoms with E-state index in [9.17, 15) is 4.79 Å². The maximum atomic E-state index is 12.7. The van der Waals surface area contributed by atoms with Gasteiger partial charge in [0.05, 0.1) is 0 Å². The molecule has 2 rings (SSSR count). The van der Waals surface area contributed by atoms with Crippen LogP contribution in [0.15, 0.2) is 24.4 Å². The number of nitrogens with one attached hydrogen (secondary N) is 1. The molecule has 0 spiro atoms. The van der Waals surface area contributed by atoms with E-state index >= 15 is 0 Å². The minimum atomic E-state index is -0.0142. The standard InChI is InChI=1S/C19H32N4O2/c1-19(2,3)15-23(11-6-14-24)18(25)21-16-8-12-22(13-9-16)17-7-4-5-10-20-17/h4-5,7,10,16,24H,6,8-9,11-15H2,1-3H3,(H,21,25). The van der Waals surface area contributed by atoms with Crippen LogP contribution in [0.1, 0.15) is 40.0 Å². The van der Waals surface area contributed by atoms with Gasteiger partial charge in [-0.25, -0.2) is 9.78 Å². The molecule has 6 heteroatoms. The van der Waals surface area contributed by atoms with Gasteiger partial charge >= 0.3 is 6.03 Å².